The van der Waals surface area contributed by atoms with Crippen LogP contribution in [0.25, 0.3) is 0 Å². The molecule has 0 saturated carbocycles. The van der Waals surface area contributed by atoms with Crippen molar-refractivity contribution in [3.63, 3.8) is 0 Å². The van der Waals surface area contributed by atoms with E-state index in [1.165, 1.54) is 12.1 Å². The second kappa shape index (κ2) is 5.59. The van der Waals surface area contributed by atoms with Gasteiger partial charge in [0, 0.05) is 16.2 Å². The summed E-state index contributed by atoms with van der Waals surface area (Å²) in [4.78, 5) is 11.9. The fourth-order valence-electron chi connectivity index (χ4n) is 1.46. The maximum atomic E-state index is 13.5. The van der Waals surface area contributed by atoms with Crippen molar-refractivity contribution in [1.82, 2.24) is 0 Å². The van der Waals surface area contributed by atoms with Gasteiger partial charge in [0.05, 0.1) is 10.6 Å². The number of anilines is 1. The number of rotatable bonds is 2. The molecule has 0 aromatic heterocycles. The zero-order chi connectivity index (χ0) is 14.0. The Bertz CT molecular complexity index is 649. The topological polar surface area (TPSA) is 49.3 Å². The van der Waals surface area contributed by atoms with Crippen molar-refractivity contribution in [3.05, 3.63) is 57.3 Å². The van der Waals surface area contributed by atoms with Crippen molar-refractivity contribution in [3.8, 4) is 5.75 Å². The highest BCUT2D eigenvalue weighted by molar-refractivity contribution is 9.10. The summed E-state index contributed by atoms with van der Waals surface area (Å²) in [6, 6.07) is 8.18. The van der Waals surface area contributed by atoms with E-state index in [1.54, 1.807) is 18.2 Å². The lowest BCUT2D eigenvalue weighted by atomic mass is 10.2. The summed E-state index contributed by atoms with van der Waals surface area (Å²) in [7, 11) is 0. The number of halogens is 3. The lowest BCUT2D eigenvalue weighted by Gasteiger charge is -2.07. The third kappa shape index (κ3) is 3.24. The first-order valence-electron chi connectivity index (χ1n) is 5.22. The molecule has 0 aliphatic carbocycles. The van der Waals surface area contributed by atoms with Crippen LogP contribution >= 0.6 is 27.5 Å². The Morgan fingerprint density at radius 2 is 2.00 bits per heavy atom. The van der Waals surface area contributed by atoms with Crippen LogP contribution in [0.15, 0.2) is 40.9 Å². The van der Waals surface area contributed by atoms with E-state index in [1.807, 2.05) is 0 Å². The van der Waals surface area contributed by atoms with Gasteiger partial charge in [0.2, 0.25) is 0 Å². The highest BCUT2D eigenvalue weighted by atomic mass is 79.9. The zero-order valence-electron chi connectivity index (χ0n) is 9.45. The van der Waals surface area contributed by atoms with Crippen molar-refractivity contribution in [2.45, 2.75) is 0 Å². The van der Waals surface area contributed by atoms with Crippen LogP contribution in [0.1, 0.15) is 10.4 Å². The molecule has 0 unspecified atom stereocenters. The third-order valence-electron chi connectivity index (χ3n) is 2.37. The standard InChI is InChI=1S/C13H8BrClFNO2/c14-10-4-1-7(5-11(10)15)17-13(19)9-3-2-8(18)6-12(9)16/h1-6,18H,(H,17,19). The minimum absolute atomic E-state index is 0.156. The molecule has 0 fully saturated rings. The maximum Gasteiger partial charge on any atom is 0.258 e. The van der Waals surface area contributed by atoms with Crippen LogP contribution in [0.5, 0.6) is 5.75 Å². The molecule has 0 radical (unpaired) electrons. The van der Waals surface area contributed by atoms with Crippen LogP contribution in [0.3, 0.4) is 0 Å². The van der Waals surface area contributed by atoms with Crippen LogP contribution in [-0.4, -0.2) is 11.0 Å². The highest BCUT2D eigenvalue weighted by Crippen LogP contribution is 2.26. The molecule has 6 heteroatoms. The molecule has 3 nitrogen and oxygen atoms in total. The Hall–Kier alpha value is -1.59. The summed E-state index contributed by atoms with van der Waals surface area (Å²) < 4.78 is 14.2. The number of carbonyl (C=O) groups excluding carboxylic acids is 1. The van der Waals surface area contributed by atoms with E-state index in [4.69, 9.17) is 16.7 Å². The van der Waals surface area contributed by atoms with E-state index >= 15 is 0 Å². The van der Waals surface area contributed by atoms with Crippen molar-refractivity contribution in [1.29, 1.82) is 0 Å². The van der Waals surface area contributed by atoms with Gasteiger partial charge in [-0.25, -0.2) is 4.39 Å². The van der Waals surface area contributed by atoms with Gasteiger partial charge >= 0.3 is 0 Å². The first-order valence-corrected chi connectivity index (χ1v) is 6.39. The summed E-state index contributed by atoms with van der Waals surface area (Å²) in [5.41, 5.74) is 0.294. The van der Waals surface area contributed by atoms with Gasteiger partial charge in [0.1, 0.15) is 11.6 Å². The average molecular weight is 345 g/mol. The number of carbonyl (C=O) groups is 1. The van der Waals surface area contributed by atoms with Gasteiger partial charge in [0.25, 0.3) is 5.91 Å². The van der Waals surface area contributed by atoms with Crippen LogP contribution in [0.4, 0.5) is 10.1 Å². The Morgan fingerprint density at radius 3 is 2.63 bits per heavy atom. The van der Waals surface area contributed by atoms with E-state index in [0.717, 1.165) is 6.07 Å². The normalized spacial score (nSPS) is 10.3. The van der Waals surface area contributed by atoms with Gasteiger partial charge in [-0.2, -0.15) is 0 Å². The molecule has 2 N–H and O–H groups in total. The first-order chi connectivity index (χ1) is 8.97. The van der Waals surface area contributed by atoms with Gasteiger partial charge in [-0.1, -0.05) is 11.6 Å². The summed E-state index contributed by atoms with van der Waals surface area (Å²) in [6.07, 6.45) is 0. The lowest BCUT2D eigenvalue weighted by Crippen LogP contribution is -2.13. The number of phenolic OH excluding ortho intramolecular Hbond substituents is 1. The molecule has 1 amide bonds. The van der Waals surface area contributed by atoms with Crippen LogP contribution in [0, 0.1) is 5.82 Å². The predicted octanol–water partition coefficient (Wildman–Crippen LogP) is 4.20. The summed E-state index contributed by atoms with van der Waals surface area (Å²) in [5, 5.41) is 12.0. The maximum absolute atomic E-state index is 13.5. The molecular formula is C13H8BrClFNO2. The molecule has 0 atom stereocenters. The molecule has 0 bridgehead atoms. The molecule has 0 aliphatic heterocycles. The second-order valence-electron chi connectivity index (χ2n) is 3.75. The molecule has 0 spiro atoms. The molecular weight excluding hydrogens is 337 g/mol. The fourth-order valence-corrected chi connectivity index (χ4v) is 1.89. The first kappa shape index (κ1) is 13.8. The monoisotopic (exact) mass is 343 g/mol. The van der Waals surface area contributed by atoms with Gasteiger partial charge in [-0.15, -0.1) is 0 Å². The Balaban J connectivity index is 2.23. The minimum Gasteiger partial charge on any atom is -0.508 e. The van der Waals surface area contributed by atoms with Crippen LogP contribution < -0.4 is 5.32 Å². The molecule has 0 heterocycles. The van der Waals surface area contributed by atoms with E-state index in [-0.39, 0.29) is 11.3 Å². The smallest absolute Gasteiger partial charge is 0.258 e. The Kier molecular flexibility index (Phi) is 4.07. The number of nitrogens with one attached hydrogen (secondary N) is 1. The second-order valence-corrected chi connectivity index (χ2v) is 5.01. The fraction of sp³-hybridized carbons (Fsp3) is 0. The zero-order valence-corrected chi connectivity index (χ0v) is 11.8. The molecule has 0 saturated heterocycles. The number of hydrogen-bond donors (Lipinski definition) is 2. The van der Waals surface area contributed by atoms with Gasteiger partial charge in [0.15, 0.2) is 0 Å². The van der Waals surface area contributed by atoms with Gasteiger partial charge in [-0.3, -0.25) is 4.79 Å². The van der Waals surface area contributed by atoms with Gasteiger partial charge in [-0.05, 0) is 46.3 Å². The summed E-state index contributed by atoms with van der Waals surface area (Å²) in [5.74, 6) is -1.64. The number of phenols is 1. The summed E-state index contributed by atoms with van der Waals surface area (Å²) >= 11 is 9.12. The SMILES string of the molecule is O=C(Nc1ccc(Br)c(Cl)c1)c1ccc(O)cc1F. The van der Waals surface area contributed by atoms with E-state index < -0.39 is 11.7 Å². The van der Waals surface area contributed by atoms with Gasteiger partial charge < -0.3 is 10.4 Å². The van der Waals surface area contributed by atoms with Crippen molar-refractivity contribution < 1.29 is 14.3 Å². The molecule has 98 valence electrons. The molecule has 2 aromatic rings. The largest absolute Gasteiger partial charge is 0.508 e. The molecule has 2 aromatic carbocycles. The quantitative estimate of drug-likeness (QED) is 0.858. The van der Waals surface area contributed by atoms with Crippen molar-refractivity contribution >= 4 is 39.1 Å². The Morgan fingerprint density at radius 1 is 1.26 bits per heavy atom. The Labute approximate surface area is 122 Å². The summed E-state index contributed by atoms with van der Waals surface area (Å²) in [6.45, 7) is 0. The highest BCUT2D eigenvalue weighted by Gasteiger charge is 2.12. The van der Waals surface area contributed by atoms with E-state index in [0.29, 0.717) is 15.2 Å². The molecule has 2 rings (SSSR count). The van der Waals surface area contributed by atoms with Crippen molar-refractivity contribution in [2.24, 2.45) is 0 Å². The number of benzene rings is 2. The average Bonchev–Trinajstić information content (AvgIpc) is 2.33. The predicted molar refractivity (Wildman–Crippen MR) is 75.2 cm³/mol. The van der Waals surface area contributed by atoms with E-state index in [9.17, 15) is 9.18 Å². The van der Waals surface area contributed by atoms with Crippen molar-refractivity contribution in [2.75, 3.05) is 5.32 Å². The lowest BCUT2D eigenvalue weighted by molar-refractivity contribution is 0.102. The third-order valence-corrected chi connectivity index (χ3v) is 3.61. The molecule has 19 heavy (non-hydrogen) atoms. The number of amides is 1. The number of aromatic hydroxyl groups is 1. The van der Waals surface area contributed by atoms with Crippen LogP contribution in [-0.2, 0) is 0 Å². The molecule has 0 aliphatic rings. The van der Waals surface area contributed by atoms with E-state index in [2.05, 4.69) is 21.2 Å². The van der Waals surface area contributed by atoms with Crippen LogP contribution in [0.2, 0.25) is 5.02 Å². The minimum atomic E-state index is -0.791. The number of hydrogen-bond acceptors (Lipinski definition) is 2.